The Hall–Kier alpha value is -6.24. The first-order valence-corrected chi connectivity index (χ1v) is 19.7. The van der Waals surface area contributed by atoms with Crippen LogP contribution in [0.25, 0.3) is 95.1 Å². The predicted octanol–water partition coefficient (Wildman–Crippen LogP) is 14.7. The van der Waals surface area contributed by atoms with Gasteiger partial charge in [-0.1, -0.05) is 127 Å². The zero-order valence-corrected chi connectivity index (χ0v) is 30.4. The molecule has 0 heteroatoms. The minimum absolute atomic E-state index is 1.10. The van der Waals surface area contributed by atoms with E-state index < -0.39 is 0 Å². The fourth-order valence-corrected chi connectivity index (χ4v) is 9.45. The fraction of sp³-hybridized carbons (Fsp3) is 0.111. The topological polar surface area (TPSA) is 0 Å². The lowest BCUT2D eigenvalue weighted by atomic mass is 9.81. The lowest BCUT2D eigenvalue weighted by Gasteiger charge is -2.24. The van der Waals surface area contributed by atoms with Gasteiger partial charge in [0.05, 0.1) is 0 Å². The molecular weight excluding hydrogens is 649 g/mol. The summed E-state index contributed by atoms with van der Waals surface area (Å²) in [6.45, 7) is 0. The van der Waals surface area contributed by atoms with Crippen molar-refractivity contribution in [1.82, 2.24) is 0 Å². The second kappa shape index (κ2) is 12.7. The first-order chi connectivity index (χ1) is 26.7. The van der Waals surface area contributed by atoms with E-state index in [1.54, 1.807) is 11.1 Å². The zero-order valence-electron chi connectivity index (χ0n) is 30.4. The molecule has 11 rings (SSSR count). The highest BCUT2D eigenvalue weighted by Gasteiger charge is 2.20. The van der Waals surface area contributed by atoms with Gasteiger partial charge < -0.3 is 0 Å². The molecular formula is C54H40. The third-order valence-electron chi connectivity index (χ3n) is 12.2. The lowest BCUT2D eigenvalue weighted by Crippen LogP contribution is -2.07. The van der Waals surface area contributed by atoms with E-state index in [1.165, 1.54) is 99.1 Å². The van der Waals surface area contributed by atoms with Gasteiger partial charge in [-0.05, 0) is 191 Å². The molecule has 0 radical (unpaired) electrons. The Morgan fingerprint density at radius 2 is 0.870 bits per heavy atom. The van der Waals surface area contributed by atoms with E-state index >= 15 is 0 Å². The Kier molecular flexibility index (Phi) is 7.37. The summed E-state index contributed by atoms with van der Waals surface area (Å²) in [5.74, 6) is 0. The van der Waals surface area contributed by atoms with Crippen LogP contribution in [-0.2, 0) is 19.3 Å². The summed E-state index contributed by atoms with van der Waals surface area (Å²) in [5, 5.41) is 7.77. The normalized spacial score (nSPS) is 14.4. The van der Waals surface area contributed by atoms with Crippen molar-refractivity contribution in [2.45, 2.75) is 38.5 Å². The van der Waals surface area contributed by atoms with Gasteiger partial charge in [-0.2, -0.15) is 0 Å². The Labute approximate surface area is 317 Å². The fourth-order valence-electron chi connectivity index (χ4n) is 9.45. The number of aryl methyl sites for hydroxylation is 1. The average molecular weight is 689 g/mol. The molecule has 0 aromatic heterocycles. The highest BCUT2D eigenvalue weighted by Crippen LogP contribution is 2.40. The molecule has 3 aliphatic rings. The summed E-state index contributed by atoms with van der Waals surface area (Å²) in [6.07, 6.45) is 20.8. The van der Waals surface area contributed by atoms with E-state index in [0.29, 0.717) is 0 Å². The van der Waals surface area contributed by atoms with Gasteiger partial charge in [0.2, 0.25) is 0 Å². The van der Waals surface area contributed by atoms with E-state index in [1.807, 2.05) is 0 Å². The Morgan fingerprint density at radius 1 is 0.333 bits per heavy atom. The van der Waals surface area contributed by atoms with Gasteiger partial charge in [0.15, 0.2) is 0 Å². The molecule has 256 valence electrons. The van der Waals surface area contributed by atoms with Crippen molar-refractivity contribution in [2.75, 3.05) is 0 Å². The monoisotopic (exact) mass is 688 g/mol. The average Bonchev–Trinajstić information content (AvgIpc) is 3.25. The number of hydrogen-bond donors (Lipinski definition) is 0. The number of rotatable bonds is 4. The SMILES string of the molecule is C1=Cc2c(cc(-c3ccc4cc(-c5cccc(-c6ccc7cc(-c8cc9c(c%10c8C=CCC%10)CCC=C9)ccc7c6)c5)ccc4c3)c3ccccc23)CC1. The molecule has 0 aliphatic heterocycles. The third-order valence-corrected chi connectivity index (χ3v) is 12.2. The van der Waals surface area contributed by atoms with E-state index in [4.69, 9.17) is 0 Å². The van der Waals surface area contributed by atoms with Crippen molar-refractivity contribution in [1.29, 1.82) is 0 Å². The van der Waals surface area contributed by atoms with Crippen LogP contribution in [-0.4, -0.2) is 0 Å². The summed E-state index contributed by atoms with van der Waals surface area (Å²) in [6, 6.07) is 50.7. The van der Waals surface area contributed by atoms with E-state index in [9.17, 15) is 0 Å². The molecule has 0 bridgehead atoms. The summed E-state index contributed by atoms with van der Waals surface area (Å²) < 4.78 is 0. The quantitative estimate of drug-likeness (QED) is 0.173. The maximum absolute atomic E-state index is 2.44. The molecule has 0 saturated heterocycles. The molecule has 0 nitrogen and oxygen atoms in total. The van der Waals surface area contributed by atoms with E-state index in [-0.39, 0.29) is 0 Å². The van der Waals surface area contributed by atoms with Crippen LogP contribution in [0.1, 0.15) is 52.6 Å². The number of hydrogen-bond acceptors (Lipinski definition) is 0. The lowest BCUT2D eigenvalue weighted by molar-refractivity contribution is 0.906. The predicted molar refractivity (Wildman–Crippen MR) is 233 cm³/mol. The van der Waals surface area contributed by atoms with Crippen molar-refractivity contribution < 1.29 is 0 Å². The van der Waals surface area contributed by atoms with Crippen LogP contribution in [0, 0.1) is 0 Å². The molecule has 0 amide bonds. The van der Waals surface area contributed by atoms with Crippen LogP contribution in [0.5, 0.6) is 0 Å². The van der Waals surface area contributed by atoms with Crippen molar-refractivity contribution >= 4 is 50.5 Å². The maximum atomic E-state index is 2.44. The Bertz CT molecular complexity index is 2930. The van der Waals surface area contributed by atoms with Gasteiger partial charge >= 0.3 is 0 Å². The van der Waals surface area contributed by atoms with Gasteiger partial charge in [0.25, 0.3) is 0 Å². The highest BCUT2D eigenvalue weighted by atomic mass is 14.2. The summed E-state index contributed by atoms with van der Waals surface area (Å²) in [7, 11) is 0. The first kappa shape index (κ1) is 31.3. The van der Waals surface area contributed by atoms with Crippen molar-refractivity contribution in [3.8, 4) is 44.5 Å². The number of benzene rings is 8. The first-order valence-electron chi connectivity index (χ1n) is 19.7. The molecule has 8 aromatic rings. The van der Waals surface area contributed by atoms with E-state index in [0.717, 1.165) is 38.5 Å². The van der Waals surface area contributed by atoms with Crippen LogP contribution in [0.2, 0.25) is 0 Å². The van der Waals surface area contributed by atoms with Gasteiger partial charge in [0, 0.05) is 0 Å². The molecule has 0 unspecified atom stereocenters. The summed E-state index contributed by atoms with van der Waals surface area (Å²) in [5.41, 5.74) is 19.1. The molecule has 0 N–H and O–H groups in total. The molecule has 0 atom stereocenters. The standard InChI is InChI=1S/C54H40/c1-3-14-47-43(10-1)33-53(51-18-7-5-16-49(47)51)45-26-24-39-29-37(20-22-41(39)31-45)35-12-9-13-36(28-35)38-21-23-42-32-46(27-25-40(42)30-38)54-34-44-11-2-4-15-48(44)50-17-6-8-19-52(50)54/h1,4,6-10,12-13,15,17-34H,2-3,5,11,14,16H2. The van der Waals surface area contributed by atoms with Crippen LogP contribution in [0.15, 0.2) is 152 Å². The van der Waals surface area contributed by atoms with Crippen LogP contribution >= 0.6 is 0 Å². The molecule has 0 saturated carbocycles. The van der Waals surface area contributed by atoms with Crippen molar-refractivity contribution in [3.05, 3.63) is 185 Å². The Balaban J connectivity index is 0.909. The summed E-state index contributed by atoms with van der Waals surface area (Å²) >= 11 is 0. The third kappa shape index (κ3) is 5.28. The van der Waals surface area contributed by atoms with Gasteiger partial charge in [-0.15, -0.1) is 0 Å². The highest BCUT2D eigenvalue weighted by molar-refractivity contribution is 6.04. The molecule has 0 spiro atoms. The Morgan fingerprint density at radius 3 is 1.57 bits per heavy atom. The molecule has 3 aliphatic carbocycles. The van der Waals surface area contributed by atoms with Crippen molar-refractivity contribution in [3.63, 3.8) is 0 Å². The van der Waals surface area contributed by atoms with Crippen LogP contribution < -0.4 is 0 Å². The van der Waals surface area contributed by atoms with Crippen molar-refractivity contribution in [2.24, 2.45) is 0 Å². The summed E-state index contributed by atoms with van der Waals surface area (Å²) in [4.78, 5) is 0. The largest absolute Gasteiger partial charge is 0.0836 e. The molecule has 54 heavy (non-hydrogen) atoms. The van der Waals surface area contributed by atoms with Gasteiger partial charge in [-0.25, -0.2) is 0 Å². The molecule has 8 aromatic carbocycles. The molecule has 0 fully saturated rings. The van der Waals surface area contributed by atoms with Gasteiger partial charge in [-0.3, -0.25) is 0 Å². The van der Waals surface area contributed by atoms with Crippen LogP contribution in [0.3, 0.4) is 0 Å². The minimum atomic E-state index is 1.10. The second-order valence-electron chi connectivity index (χ2n) is 15.4. The zero-order chi connectivity index (χ0) is 35.6. The van der Waals surface area contributed by atoms with E-state index in [2.05, 4.69) is 170 Å². The smallest absolute Gasteiger partial charge is 0.00992 e. The van der Waals surface area contributed by atoms with Gasteiger partial charge in [0.1, 0.15) is 0 Å². The second-order valence-corrected chi connectivity index (χ2v) is 15.4. The minimum Gasteiger partial charge on any atom is -0.0836 e. The number of allylic oxidation sites excluding steroid dienone is 3. The van der Waals surface area contributed by atoms with Crippen LogP contribution in [0.4, 0.5) is 0 Å². The number of fused-ring (bicyclic) bond motifs is 8. The maximum Gasteiger partial charge on any atom is -0.00992 e. The molecule has 0 heterocycles.